The predicted molar refractivity (Wildman–Crippen MR) is 161 cm³/mol. The van der Waals surface area contributed by atoms with Gasteiger partial charge in [-0.05, 0) is 59.1 Å². The van der Waals surface area contributed by atoms with E-state index >= 15 is 4.57 Å². The van der Waals surface area contributed by atoms with Crippen molar-refractivity contribution in [2.24, 2.45) is 0 Å². The SMILES string of the molecule is CCCCCOP(=O)(OCCCCC)C(N(CCCC)P(=O)(OCC)OCC)C(C)(C)Sc1ccccc1. The number of hydrogen-bond acceptors (Lipinski definition) is 7. The minimum atomic E-state index is -3.84. The van der Waals surface area contributed by atoms with Gasteiger partial charge in [-0.15, -0.1) is 11.8 Å². The molecule has 0 aliphatic rings. The minimum Gasteiger partial charge on any atom is -0.307 e. The maximum absolute atomic E-state index is 15.0. The van der Waals surface area contributed by atoms with Gasteiger partial charge in [0.15, 0.2) is 0 Å². The summed E-state index contributed by atoms with van der Waals surface area (Å²) in [6.07, 6.45) is 7.15. The molecule has 222 valence electrons. The molecular weight excluding hydrogens is 540 g/mol. The van der Waals surface area contributed by atoms with Crippen LogP contribution in [-0.2, 0) is 27.2 Å². The van der Waals surface area contributed by atoms with Crippen molar-refractivity contribution in [2.45, 2.75) is 115 Å². The molecule has 0 saturated carbocycles. The average molecular weight is 594 g/mol. The third-order valence-electron chi connectivity index (χ3n) is 6.01. The fourth-order valence-electron chi connectivity index (χ4n) is 4.22. The second-order valence-electron chi connectivity index (χ2n) is 9.83. The number of benzene rings is 1. The minimum absolute atomic E-state index is 0.206. The van der Waals surface area contributed by atoms with Crippen molar-refractivity contribution in [2.75, 3.05) is 33.0 Å². The lowest BCUT2D eigenvalue weighted by Gasteiger charge is -2.45. The Labute approximate surface area is 237 Å². The zero-order valence-electron chi connectivity index (χ0n) is 24.9. The van der Waals surface area contributed by atoms with E-state index in [-0.39, 0.29) is 13.2 Å². The van der Waals surface area contributed by atoms with Crippen molar-refractivity contribution in [3.8, 4) is 0 Å². The molecule has 0 amide bonds. The fourth-order valence-corrected chi connectivity index (χ4v) is 11.0. The van der Waals surface area contributed by atoms with E-state index in [1.54, 1.807) is 30.3 Å². The highest BCUT2D eigenvalue weighted by Crippen LogP contribution is 2.67. The molecule has 7 nitrogen and oxygen atoms in total. The molecule has 0 bridgehead atoms. The van der Waals surface area contributed by atoms with Crippen LogP contribution >= 0.6 is 27.1 Å². The molecular formula is C28H53NO6P2S. The van der Waals surface area contributed by atoms with Crippen LogP contribution in [0.25, 0.3) is 0 Å². The van der Waals surface area contributed by atoms with E-state index < -0.39 is 25.9 Å². The summed E-state index contributed by atoms with van der Waals surface area (Å²) < 4.78 is 54.6. The fraction of sp³-hybridized carbons (Fsp3) is 0.786. The third-order valence-corrected chi connectivity index (χ3v) is 12.5. The van der Waals surface area contributed by atoms with Crippen molar-refractivity contribution in [3.05, 3.63) is 30.3 Å². The molecule has 1 unspecified atom stereocenters. The molecule has 10 heteroatoms. The molecule has 0 aliphatic carbocycles. The first-order valence-corrected chi connectivity index (χ1v) is 18.3. The lowest BCUT2D eigenvalue weighted by Crippen LogP contribution is -2.47. The summed E-state index contributed by atoms with van der Waals surface area (Å²) in [4.78, 5) is 1.02. The molecule has 0 radical (unpaired) electrons. The molecule has 0 fully saturated rings. The lowest BCUT2D eigenvalue weighted by molar-refractivity contribution is 0.128. The molecule has 0 N–H and O–H groups in total. The van der Waals surface area contributed by atoms with E-state index in [0.29, 0.717) is 19.8 Å². The van der Waals surface area contributed by atoms with Crippen molar-refractivity contribution in [1.29, 1.82) is 0 Å². The van der Waals surface area contributed by atoms with Gasteiger partial charge in [0, 0.05) is 16.2 Å². The first kappa shape index (κ1) is 35.9. The molecule has 1 rings (SSSR count). The second kappa shape index (κ2) is 19.0. The molecule has 38 heavy (non-hydrogen) atoms. The molecule has 0 spiro atoms. The largest absolute Gasteiger partial charge is 0.409 e. The Balaban J connectivity index is 3.70. The summed E-state index contributed by atoms with van der Waals surface area (Å²) in [5.74, 6) is -0.862. The Morgan fingerprint density at radius 3 is 1.71 bits per heavy atom. The van der Waals surface area contributed by atoms with E-state index in [2.05, 4.69) is 20.8 Å². The molecule has 1 aromatic carbocycles. The standard InChI is InChI=1S/C28H53NO6P2S/c1-8-13-19-24-34-36(30,35-25-20-14-9-2)27(28(6,7)38-26-21-17-16-18-22-26)29(23-15-10-3)37(31,32-11-4)33-12-5/h16-18,21-22,27H,8-15,19-20,23-25H2,1-7H3. The predicted octanol–water partition coefficient (Wildman–Crippen LogP) is 9.77. The molecule has 1 aromatic rings. The Morgan fingerprint density at radius 2 is 1.26 bits per heavy atom. The van der Waals surface area contributed by atoms with Crippen LogP contribution in [0.2, 0.25) is 0 Å². The molecule has 1 atom stereocenters. The second-order valence-corrected chi connectivity index (χ2v) is 15.6. The number of hydrogen-bond donors (Lipinski definition) is 0. The number of unbranched alkanes of at least 4 members (excludes halogenated alkanes) is 5. The lowest BCUT2D eigenvalue weighted by atomic mass is 10.2. The van der Waals surface area contributed by atoms with Crippen molar-refractivity contribution < 1.29 is 27.2 Å². The Hall–Kier alpha value is -0.170. The zero-order valence-corrected chi connectivity index (χ0v) is 27.5. The van der Waals surface area contributed by atoms with E-state index in [1.165, 1.54) is 0 Å². The summed E-state index contributed by atoms with van der Waals surface area (Å²) in [5.41, 5.74) is 0. The highest BCUT2D eigenvalue weighted by Gasteiger charge is 2.55. The van der Waals surface area contributed by atoms with E-state index in [4.69, 9.17) is 18.1 Å². The van der Waals surface area contributed by atoms with E-state index in [0.717, 1.165) is 56.3 Å². The maximum atomic E-state index is 15.0. The van der Waals surface area contributed by atoms with E-state index in [9.17, 15) is 4.57 Å². The Kier molecular flexibility index (Phi) is 18.0. The molecule has 0 aliphatic heterocycles. The first-order valence-electron chi connectivity index (χ1n) is 14.4. The first-order chi connectivity index (χ1) is 18.1. The van der Waals surface area contributed by atoms with Crippen molar-refractivity contribution >= 4 is 27.1 Å². The van der Waals surface area contributed by atoms with Gasteiger partial charge in [-0.3, -0.25) is 13.6 Å². The average Bonchev–Trinajstić information content (AvgIpc) is 2.87. The third kappa shape index (κ3) is 11.7. The number of nitrogens with zero attached hydrogens (tertiary/aromatic N) is 1. The smallest absolute Gasteiger partial charge is 0.307 e. The Morgan fingerprint density at radius 1 is 0.763 bits per heavy atom. The molecule has 0 aromatic heterocycles. The van der Waals surface area contributed by atoms with Gasteiger partial charge in [-0.2, -0.15) is 4.67 Å². The topological polar surface area (TPSA) is 74.3 Å². The van der Waals surface area contributed by atoms with Gasteiger partial charge in [0.1, 0.15) is 5.78 Å². The summed E-state index contributed by atoms with van der Waals surface area (Å²) in [6.45, 7) is 15.4. The monoisotopic (exact) mass is 593 g/mol. The van der Waals surface area contributed by atoms with Crippen molar-refractivity contribution in [1.82, 2.24) is 4.67 Å². The number of rotatable bonds is 23. The van der Waals surface area contributed by atoms with Crippen LogP contribution in [0, 0.1) is 0 Å². The van der Waals surface area contributed by atoms with Crippen LogP contribution in [-0.4, -0.2) is 48.2 Å². The number of thioether (sulfide) groups is 1. The quantitative estimate of drug-likeness (QED) is 0.0705. The highest BCUT2D eigenvalue weighted by atomic mass is 32.2. The summed E-state index contributed by atoms with van der Waals surface area (Å²) >= 11 is 1.58. The van der Waals surface area contributed by atoms with Crippen LogP contribution in [0.1, 0.15) is 99.8 Å². The Bertz CT molecular complexity index is 816. The van der Waals surface area contributed by atoms with Gasteiger partial charge in [0.25, 0.3) is 0 Å². The van der Waals surface area contributed by atoms with Crippen molar-refractivity contribution in [3.63, 3.8) is 0 Å². The normalized spacial score (nSPS) is 13.8. The van der Waals surface area contributed by atoms with Crippen LogP contribution in [0.4, 0.5) is 0 Å². The molecule has 0 saturated heterocycles. The van der Waals surface area contributed by atoms with Gasteiger partial charge >= 0.3 is 15.3 Å². The van der Waals surface area contributed by atoms with Crippen LogP contribution < -0.4 is 0 Å². The summed E-state index contributed by atoms with van der Waals surface area (Å²) in [5, 5.41) is 0. The zero-order chi connectivity index (χ0) is 28.5. The summed E-state index contributed by atoms with van der Waals surface area (Å²) in [6, 6.07) is 9.99. The molecule has 0 heterocycles. The van der Waals surface area contributed by atoms with Gasteiger partial charge < -0.3 is 9.05 Å². The van der Waals surface area contributed by atoms with Gasteiger partial charge in [0.2, 0.25) is 0 Å². The van der Waals surface area contributed by atoms with Gasteiger partial charge in [-0.25, -0.2) is 4.57 Å². The van der Waals surface area contributed by atoms with Crippen LogP contribution in [0.5, 0.6) is 0 Å². The summed E-state index contributed by atoms with van der Waals surface area (Å²) in [7, 11) is -7.65. The van der Waals surface area contributed by atoms with Crippen LogP contribution in [0.3, 0.4) is 0 Å². The maximum Gasteiger partial charge on any atom is 0.409 e. The highest BCUT2D eigenvalue weighted by molar-refractivity contribution is 8.01. The van der Waals surface area contributed by atoms with E-state index in [1.807, 2.05) is 44.2 Å². The van der Waals surface area contributed by atoms with Gasteiger partial charge in [-0.1, -0.05) is 71.1 Å². The van der Waals surface area contributed by atoms with Crippen LogP contribution in [0.15, 0.2) is 35.2 Å². The van der Waals surface area contributed by atoms with Gasteiger partial charge in [0.05, 0.1) is 26.4 Å².